The molecule has 0 aromatic heterocycles. The van der Waals surface area contributed by atoms with E-state index in [4.69, 9.17) is 18.9 Å². The van der Waals surface area contributed by atoms with Crippen LogP contribution >= 0.6 is 0 Å². The zero-order valence-corrected chi connectivity index (χ0v) is 18.7. The van der Waals surface area contributed by atoms with E-state index in [-0.39, 0.29) is 0 Å². The molecule has 4 heterocycles. The predicted octanol–water partition coefficient (Wildman–Crippen LogP) is 2.86. The van der Waals surface area contributed by atoms with E-state index >= 15 is 0 Å². The summed E-state index contributed by atoms with van der Waals surface area (Å²) < 4.78 is 23.5. The summed E-state index contributed by atoms with van der Waals surface area (Å²) >= 11 is 0. The van der Waals surface area contributed by atoms with Crippen molar-refractivity contribution in [3.05, 3.63) is 12.2 Å². The fourth-order valence-electron chi connectivity index (χ4n) is 5.00. The smallest absolute Gasteiger partial charge is 0.0809 e. The maximum atomic E-state index is 6.08. The molecule has 4 rings (SSSR count). The van der Waals surface area contributed by atoms with Crippen LogP contribution in [0.15, 0.2) is 12.2 Å². The first kappa shape index (κ1) is 22.7. The summed E-state index contributed by atoms with van der Waals surface area (Å²) in [5.74, 6) is 0. The molecule has 4 fully saturated rings. The molecule has 0 amide bonds. The van der Waals surface area contributed by atoms with Crippen LogP contribution in [0, 0.1) is 0 Å². The average Bonchev–Trinajstić information content (AvgIpc) is 3.50. The second-order valence-electron chi connectivity index (χ2n) is 9.41. The van der Waals surface area contributed by atoms with Gasteiger partial charge in [0, 0.05) is 52.5 Å². The molecule has 4 aliphatic rings. The Morgan fingerprint density at radius 3 is 1.43 bits per heavy atom. The van der Waals surface area contributed by atoms with Crippen molar-refractivity contribution in [2.24, 2.45) is 0 Å². The minimum Gasteiger partial charge on any atom is -0.376 e. The average molecular weight is 423 g/mol. The normalized spacial score (nSPS) is 30.7. The molecule has 172 valence electrons. The summed E-state index contributed by atoms with van der Waals surface area (Å²) in [5.41, 5.74) is 0. The van der Waals surface area contributed by atoms with Crippen molar-refractivity contribution in [2.75, 3.05) is 65.7 Å². The van der Waals surface area contributed by atoms with Gasteiger partial charge in [0.15, 0.2) is 0 Å². The van der Waals surface area contributed by atoms with Gasteiger partial charge in [-0.2, -0.15) is 0 Å². The van der Waals surface area contributed by atoms with Crippen molar-refractivity contribution in [1.29, 1.82) is 0 Å². The number of hydrogen-bond donors (Lipinski definition) is 0. The number of rotatable bonds is 10. The second-order valence-corrected chi connectivity index (χ2v) is 9.41. The molecule has 30 heavy (non-hydrogen) atoms. The lowest BCUT2D eigenvalue weighted by Gasteiger charge is -2.32. The molecule has 0 spiro atoms. The summed E-state index contributed by atoms with van der Waals surface area (Å²) in [4.78, 5) is 5.10. The zero-order valence-electron chi connectivity index (χ0n) is 18.7. The number of likely N-dealkylation sites (tertiary alicyclic amines) is 2. The van der Waals surface area contributed by atoms with Crippen LogP contribution in [0.2, 0.25) is 0 Å². The molecule has 0 aliphatic carbocycles. The van der Waals surface area contributed by atoms with Crippen molar-refractivity contribution in [3.8, 4) is 0 Å². The van der Waals surface area contributed by atoms with Gasteiger partial charge in [0.25, 0.3) is 0 Å². The van der Waals surface area contributed by atoms with Crippen molar-refractivity contribution < 1.29 is 18.9 Å². The van der Waals surface area contributed by atoms with Crippen molar-refractivity contribution in [1.82, 2.24) is 9.80 Å². The third-order valence-electron chi connectivity index (χ3n) is 7.05. The largest absolute Gasteiger partial charge is 0.376 e. The van der Waals surface area contributed by atoms with Crippen LogP contribution in [-0.4, -0.2) is 99.9 Å². The Morgan fingerprint density at radius 2 is 1.07 bits per heavy atom. The number of nitrogens with zero attached hydrogens (tertiary/aromatic N) is 2. The van der Waals surface area contributed by atoms with Gasteiger partial charge in [0.1, 0.15) is 0 Å². The first-order chi connectivity index (χ1) is 14.8. The standard InChI is InChI=1S/C24H42N2O4/c1(11-25-13-7-21(8-14-25)29-19-23-5-3-17-27-23)2-12-26-15-9-22(10-16-26)30-20-24-6-4-18-28-24/h1-2,21-24H,3-20H2/b2-1+. The molecule has 0 aromatic rings. The predicted molar refractivity (Wildman–Crippen MR) is 118 cm³/mol. The van der Waals surface area contributed by atoms with E-state index in [0.29, 0.717) is 24.4 Å². The zero-order chi connectivity index (χ0) is 20.4. The molecule has 0 radical (unpaired) electrons. The van der Waals surface area contributed by atoms with E-state index in [1.54, 1.807) is 0 Å². The lowest BCUT2D eigenvalue weighted by atomic mass is 10.1. The van der Waals surface area contributed by atoms with Crippen molar-refractivity contribution in [3.63, 3.8) is 0 Å². The van der Waals surface area contributed by atoms with Gasteiger partial charge >= 0.3 is 0 Å². The fourth-order valence-corrected chi connectivity index (χ4v) is 5.00. The Kier molecular flexibility index (Phi) is 9.46. The molecule has 0 N–H and O–H groups in total. The Balaban J connectivity index is 1.01. The summed E-state index contributed by atoms with van der Waals surface area (Å²) in [5, 5.41) is 0. The summed E-state index contributed by atoms with van der Waals surface area (Å²) in [6.07, 6.45) is 15.6. The molecule has 4 saturated heterocycles. The van der Waals surface area contributed by atoms with Crippen molar-refractivity contribution >= 4 is 0 Å². The minimum atomic E-state index is 0.351. The summed E-state index contributed by atoms with van der Waals surface area (Å²) in [7, 11) is 0. The molecule has 4 aliphatic heterocycles. The van der Waals surface area contributed by atoms with E-state index < -0.39 is 0 Å². The number of ether oxygens (including phenoxy) is 4. The molecular formula is C24H42N2O4. The first-order valence-electron chi connectivity index (χ1n) is 12.4. The molecule has 0 bridgehead atoms. The third-order valence-corrected chi connectivity index (χ3v) is 7.05. The second kappa shape index (κ2) is 12.5. The Morgan fingerprint density at radius 1 is 0.633 bits per heavy atom. The van der Waals surface area contributed by atoms with Gasteiger partial charge in [-0.15, -0.1) is 0 Å². The van der Waals surface area contributed by atoms with Crippen molar-refractivity contribution in [2.45, 2.75) is 75.8 Å². The number of piperidine rings is 2. The highest BCUT2D eigenvalue weighted by molar-refractivity contribution is 4.90. The quantitative estimate of drug-likeness (QED) is 0.505. The fraction of sp³-hybridized carbons (Fsp3) is 0.917. The molecule has 6 heteroatoms. The Labute approximate surface area is 182 Å². The lowest BCUT2D eigenvalue weighted by molar-refractivity contribution is -0.0411. The maximum absolute atomic E-state index is 6.08. The van der Waals surface area contributed by atoms with Crippen LogP contribution in [0.1, 0.15) is 51.4 Å². The third kappa shape index (κ3) is 7.57. The summed E-state index contributed by atoms with van der Waals surface area (Å²) in [6.45, 7) is 10.1. The van der Waals surface area contributed by atoms with Crippen LogP contribution in [-0.2, 0) is 18.9 Å². The van der Waals surface area contributed by atoms with Gasteiger partial charge in [-0.1, -0.05) is 12.2 Å². The van der Waals surface area contributed by atoms with E-state index in [9.17, 15) is 0 Å². The van der Waals surface area contributed by atoms with Crippen LogP contribution in [0.5, 0.6) is 0 Å². The summed E-state index contributed by atoms with van der Waals surface area (Å²) in [6, 6.07) is 0. The van der Waals surface area contributed by atoms with Crippen LogP contribution < -0.4 is 0 Å². The number of hydrogen-bond acceptors (Lipinski definition) is 6. The van der Waals surface area contributed by atoms with Gasteiger partial charge < -0.3 is 18.9 Å². The van der Waals surface area contributed by atoms with E-state index in [1.165, 1.54) is 25.7 Å². The van der Waals surface area contributed by atoms with Crippen LogP contribution in [0.25, 0.3) is 0 Å². The van der Waals surface area contributed by atoms with Gasteiger partial charge in [-0.3, -0.25) is 9.80 Å². The Hall–Kier alpha value is -0.500. The van der Waals surface area contributed by atoms with Crippen LogP contribution in [0.4, 0.5) is 0 Å². The molecular weight excluding hydrogens is 380 g/mol. The maximum Gasteiger partial charge on any atom is 0.0809 e. The van der Waals surface area contributed by atoms with E-state index in [0.717, 1.165) is 91.4 Å². The topological polar surface area (TPSA) is 43.4 Å². The first-order valence-corrected chi connectivity index (χ1v) is 12.4. The van der Waals surface area contributed by atoms with E-state index in [1.807, 2.05) is 0 Å². The molecule has 0 aromatic carbocycles. The van der Waals surface area contributed by atoms with Gasteiger partial charge in [0.2, 0.25) is 0 Å². The highest BCUT2D eigenvalue weighted by Crippen LogP contribution is 2.19. The van der Waals surface area contributed by atoms with Gasteiger partial charge in [-0.05, 0) is 51.4 Å². The monoisotopic (exact) mass is 422 g/mol. The molecule has 0 saturated carbocycles. The van der Waals surface area contributed by atoms with Gasteiger partial charge in [0.05, 0.1) is 37.6 Å². The Bertz CT molecular complexity index is 445. The molecule has 2 atom stereocenters. The minimum absolute atomic E-state index is 0.351. The van der Waals surface area contributed by atoms with Gasteiger partial charge in [-0.25, -0.2) is 0 Å². The molecule has 6 nitrogen and oxygen atoms in total. The van der Waals surface area contributed by atoms with Crippen LogP contribution in [0.3, 0.4) is 0 Å². The van der Waals surface area contributed by atoms with E-state index in [2.05, 4.69) is 22.0 Å². The lowest BCUT2D eigenvalue weighted by Crippen LogP contribution is -2.38. The highest BCUT2D eigenvalue weighted by atomic mass is 16.5. The molecule has 2 unspecified atom stereocenters. The highest BCUT2D eigenvalue weighted by Gasteiger charge is 2.23. The SMILES string of the molecule is C(=C\CN1CCC(OCC2CCCO2)CC1)/CN1CCC(OCC2CCCO2)CC1.